The van der Waals surface area contributed by atoms with E-state index < -0.39 is 8.07 Å². The molecule has 1 aliphatic rings. The highest BCUT2D eigenvalue weighted by molar-refractivity contribution is 6.91. The van der Waals surface area contributed by atoms with Gasteiger partial charge in [0.1, 0.15) is 5.75 Å². The molecule has 4 aromatic rings. The summed E-state index contributed by atoms with van der Waals surface area (Å²) < 4.78 is 13.5. The van der Waals surface area contributed by atoms with Crippen molar-refractivity contribution in [2.45, 2.75) is 57.0 Å². The minimum Gasteiger partial charge on any atom is -0.497 e. The summed E-state index contributed by atoms with van der Waals surface area (Å²) in [5.41, 5.74) is 2.27. The molecule has 0 saturated carbocycles. The smallest absolute Gasteiger partial charge is 0.279 e. The second kappa shape index (κ2) is 11.5. The van der Waals surface area contributed by atoms with E-state index in [-0.39, 0.29) is 24.4 Å². The molecule has 6 nitrogen and oxygen atoms in total. The average Bonchev–Trinajstić information content (AvgIpc) is 3.28. The van der Waals surface area contributed by atoms with Crippen molar-refractivity contribution in [3.8, 4) is 11.4 Å². The molecule has 5 rings (SSSR count). The fourth-order valence-electron chi connectivity index (χ4n) is 6.43. The first-order chi connectivity index (χ1) is 18.8. The molecule has 39 heavy (non-hydrogen) atoms. The molecule has 3 aromatic carbocycles. The van der Waals surface area contributed by atoms with E-state index in [1.54, 1.807) is 13.3 Å². The SMILES string of the molecule is COc1ccc([Si](C)(C)[C@@H]2[C@@H](C)[C@@H](CCc3ccc(-n4ncc5ccccc5c4=O)cc3)O[C@H]2CCO)cc1. The van der Waals surface area contributed by atoms with Gasteiger partial charge in [-0.3, -0.25) is 4.79 Å². The summed E-state index contributed by atoms with van der Waals surface area (Å²) in [5.74, 6) is 1.27. The number of aliphatic hydroxyl groups excluding tert-OH is 1. The summed E-state index contributed by atoms with van der Waals surface area (Å²) in [7, 11) is -0.202. The van der Waals surface area contributed by atoms with Gasteiger partial charge in [-0.25, -0.2) is 0 Å². The Balaban J connectivity index is 1.29. The summed E-state index contributed by atoms with van der Waals surface area (Å²) in [6.45, 7) is 7.31. The van der Waals surface area contributed by atoms with Gasteiger partial charge in [0.2, 0.25) is 0 Å². The summed E-state index contributed by atoms with van der Waals surface area (Å²) in [6, 6.07) is 24.1. The molecule has 0 radical (unpaired) electrons. The maximum absolute atomic E-state index is 12.9. The van der Waals surface area contributed by atoms with E-state index in [1.807, 2.05) is 48.5 Å². The molecule has 1 saturated heterocycles. The molecule has 1 aromatic heterocycles. The monoisotopic (exact) mass is 542 g/mol. The van der Waals surface area contributed by atoms with Crippen LogP contribution in [-0.4, -0.2) is 48.9 Å². The van der Waals surface area contributed by atoms with Gasteiger partial charge < -0.3 is 14.6 Å². The first-order valence-corrected chi connectivity index (χ1v) is 16.9. The third-order valence-corrected chi connectivity index (χ3v) is 13.0. The fourth-order valence-corrected chi connectivity index (χ4v) is 10.5. The van der Waals surface area contributed by atoms with E-state index >= 15 is 0 Å². The van der Waals surface area contributed by atoms with Crippen molar-refractivity contribution >= 4 is 24.0 Å². The minimum absolute atomic E-state index is 0.0620. The number of hydrogen-bond acceptors (Lipinski definition) is 5. The number of aromatic nitrogens is 2. The van der Waals surface area contributed by atoms with Gasteiger partial charge in [0.15, 0.2) is 0 Å². The van der Waals surface area contributed by atoms with E-state index in [0.29, 0.717) is 23.3 Å². The molecule has 0 spiro atoms. The molecule has 0 aliphatic carbocycles. The van der Waals surface area contributed by atoms with Crippen molar-refractivity contribution < 1.29 is 14.6 Å². The highest BCUT2D eigenvalue weighted by atomic mass is 28.3. The van der Waals surface area contributed by atoms with Crippen LogP contribution in [0.2, 0.25) is 18.6 Å². The highest BCUT2D eigenvalue weighted by Crippen LogP contribution is 2.46. The van der Waals surface area contributed by atoms with Crippen LogP contribution in [0.5, 0.6) is 5.75 Å². The summed E-state index contributed by atoms with van der Waals surface area (Å²) in [6.07, 6.45) is 4.41. The zero-order valence-electron chi connectivity index (χ0n) is 23.2. The minimum atomic E-state index is -1.90. The molecule has 7 heteroatoms. The number of aryl methyl sites for hydroxylation is 1. The largest absolute Gasteiger partial charge is 0.497 e. The molecule has 0 unspecified atom stereocenters. The van der Waals surface area contributed by atoms with Crippen LogP contribution in [0.15, 0.2) is 83.8 Å². The van der Waals surface area contributed by atoms with Gasteiger partial charge in [0.25, 0.3) is 5.56 Å². The van der Waals surface area contributed by atoms with Crippen LogP contribution < -0.4 is 15.5 Å². The second-order valence-corrected chi connectivity index (χ2v) is 15.9. The quantitative estimate of drug-likeness (QED) is 0.298. The van der Waals surface area contributed by atoms with E-state index in [4.69, 9.17) is 9.47 Å². The molecule has 0 bridgehead atoms. The highest BCUT2D eigenvalue weighted by Gasteiger charge is 2.50. The topological polar surface area (TPSA) is 73.6 Å². The summed E-state index contributed by atoms with van der Waals surface area (Å²) in [5, 5.41) is 17.1. The first-order valence-electron chi connectivity index (χ1n) is 13.8. The normalized spacial score (nSPS) is 21.4. The number of nitrogens with zero attached hydrogens (tertiary/aromatic N) is 2. The predicted octanol–water partition coefficient (Wildman–Crippen LogP) is 5.10. The Labute approximate surface area is 231 Å². The van der Waals surface area contributed by atoms with Crippen molar-refractivity contribution in [1.29, 1.82) is 0 Å². The molecule has 2 heterocycles. The lowest BCUT2D eigenvalue weighted by atomic mass is 9.95. The average molecular weight is 543 g/mol. The number of rotatable bonds is 9. The van der Waals surface area contributed by atoms with Gasteiger partial charge in [0.05, 0.1) is 44.7 Å². The van der Waals surface area contributed by atoms with Crippen molar-refractivity contribution in [1.82, 2.24) is 9.78 Å². The summed E-state index contributed by atoms with van der Waals surface area (Å²) in [4.78, 5) is 12.9. The number of benzene rings is 3. The number of fused-ring (bicyclic) bond motifs is 1. The molecule has 4 atom stereocenters. The predicted molar refractivity (Wildman–Crippen MR) is 159 cm³/mol. The van der Waals surface area contributed by atoms with E-state index in [2.05, 4.69) is 49.4 Å². The number of ether oxygens (including phenoxy) is 2. The molecule has 1 N–H and O–H groups in total. The van der Waals surface area contributed by atoms with Crippen LogP contribution in [0.25, 0.3) is 16.5 Å². The number of aliphatic hydroxyl groups is 1. The Morgan fingerprint density at radius 3 is 2.38 bits per heavy atom. The molecule has 1 aliphatic heterocycles. The van der Waals surface area contributed by atoms with Gasteiger partial charge in [-0.15, -0.1) is 0 Å². The third-order valence-electron chi connectivity index (χ3n) is 8.58. The maximum Gasteiger partial charge on any atom is 0.279 e. The third kappa shape index (κ3) is 5.44. The lowest BCUT2D eigenvalue weighted by molar-refractivity contribution is 0.0196. The Morgan fingerprint density at radius 2 is 1.69 bits per heavy atom. The van der Waals surface area contributed by atoms with E-state index in [9.17, 15) is 9.90 Å². The van der Waals surface area contributed by atoms with Crippen LogP contribution in [0.1, 0.15) is 25.3 Å². The zero-order valence-corrected chi connectivity index (χ0v) is 24.2. The molecule has 0 amide bonds. The lowest BCUT2D eigenvalue weighted by Crippen LogP contribution is -2.50. The van der Waals surface area contributed by atoms with Gasteiger partial charge in [-0.2, -0.15) is 9.78 Å². The number of methoxy groups -OCH3 is 1. The Morgan fingerprint density at radius 1 is 0.974 bits per heavy atom. The Hall–Kier alpha value is -3.26. The molecule has 1 fully saturated rings. The first kappa shape index (κ1) is 27.3. The van der Waals surface area contributed by atoms with Crippen molar-refractivity contribution in [3.05, 3.63) is 94.9 Å². The van der Waals surface area contributed by atoms with Gasteiger partial charge >= 0.3 is 0 Å². The standard InChI is InChI=1S/C32H38N2O4Si/c1-22-29(38-30(19-20-35)31(22)39(3,4)27-16-14-26(37-2)15-17-27)18-11-23-9-12-25(13-10-23)34-32(36)28-8-6-5-7-24(28)21-33-34/h5-10,12-17,21-22,29-31,35H,11,18-20H2,1-4H3/t22-,29+,30-,31+/m0/s1. The van der Waals surface area contributed by atoms with Crippen molar-refractivity contribution in [2.24, 2.45) is 5.92 Å². The zero-order chi connectivity index (χ0) is 27.6. The van der Waals surface area contributed by atoms with E-state index in [1.165, 1.54) is 15.4 Å². The van der Waals surface area contributed by atoms with Gasteiger partial charge in [0, 0.05) is 12.0 Å². The van der Waals surface area contributed by atoms with Crippen LogP contribution in [-0.2, 0) is 11.2 Å². The Kier molecular flexibility index (Phi) is 8.02. The molecule has 204 valence electrons. The van der Waals surface area contributed by atoms with Crippen molar-refractivity contribution in [3.63, 3.8) is 0 Å². The van der Waals surface area contributed by atoms with Crippen LogP contribution in [0.3, 0.4) is 0 Å². The van der Waals surface area contributed by atoms with Crippen LogP contribution >= 0.6 is 0 Å². The second-order valence-electron chi connectivity index (χ2n) is 11.2. The van der Waals surface area contributed by atoms with E-state index in [0.717, 1.165) is 29.7 Å². The lowest BCUT2D eigenvalue weighted by Gasteiger charge is -2.36. The summed E-state index contributed by atoms with van der Waals surface area (Å²) >= 11 is 0. The Bertz CT molecular complexity index is 1470. The van der Waals surface area contributed by atoms with Gasteiger partial charge in [-0.05, 0) is 66.6 Å². The number of hydrogen-bond donors (Lipinski definition) is 1. The van der Waals surface area contributed by atoms with Crippen LogP contribution in [0.4, 0.5) is 0 Å². The maximum atomic E-state index is 12.9. The molecular formula is C32H38N2O4Si. The fraction of sp³-hybridized carbons (Fsp3) is 0.375. The van der Waals surface area contributed by atoms with Crippen LogP contribution in [0, 0.1) is 5.92 Å². The van der Waals surface area contributed by atoms with Gasteiger partial charge in [-0.1, -0.05) is 67.7 Å². The van der Waals surface area contributed by atoms with Crippen molar-refractivity contribution in [2.75, 3.05) is 13.7 Å². The molecular weight excluding hydrogens is 504 g/mol.